The van der Waals surface area contributed by atoms with Crippen LogP contribution in [0, 0.1) is 0 Å². The Morgan fingerprint density at radius 3 is 2.31 bits per heavy atom. The van der Waals surface area contributed by atoms with Crippen LogP contribution in [0.2, 0.25) is 5.02 Å². The number of nitrogens with one attached hydrogen (secondary N) is 1. The van der Waals surface area contributed by atoms with Gasteiger partial charge in [0.15, 0.2) is 0 Å². The molecule has 3 aromatic rings. The number of rotatable bonds is 11. The van der Waals surface area contributed by atoms with E-state index in [0.717, 1.165) is 34.4 Å². The molecule has 0 radical (unpaired) electrons. The highest BCUT2D eigenvalue weighted by molar-refractivity contribution is 8.04. The van der Waals surface area contributed by atoms with E-state index in [4.69, 9.17) is 25.8 Å². The highest BCUT2D eigenvalue weighted by Gasteiger charge is 2.40. The number of unbranched alkanes of at least 4 members (excludes halogenated alkanes) is 1. The Labute approximate surface area is 235 Å². The molecule has 10 heteroatoms. The van der Waals surface area contributed by atoms with Crippen LogP contribution in [0.5, 0.6) is 11.5 Å². The van der Waals surface area contributed by atoms with Crippen molar-refractivity contribution in [3.05, 3.63) is 87.9 Å². The average Bonchev–Trinajstić information content (AvgIpc) is 3.18. The minimum absolute atomic E-state index is 0.0893. The third-order valence-electron chi connectivity index (χ3n) is 5.84. The molecule has 1 N–H and O–H groups in total. The lowest BCUT2D eigenvalue weighted by Crippen LogP contribution is -2.32. The van der Waals surface area contributed by atoms with Crippen LogP contribution in [-0.4, -0.2) is 38.6 Å². The highest BCUT2D eigenvalue weighted by Crippen LogP contribution is 2.40. The van der Waals surface area contributed by atoms with Gasteiger partial charge in [-0.3, -0.25) is 9.59 Å². The average molecular weight is 567 g/mol. The number of carbonyl (C=O) groups is 3. The van der Waals surface area contributed by atoms with Gasteiger partial charge in [-0.25, -0.2) is 9.69 Å². The SMILES string of the molecule is CCCCOC(=O)c1ccc(N2C(=O)C(Nc3ccc(OC)cc3OC)=C(Sc3ccc(Cl)cc3)C2=O)cc1. The van der Waals surface area contributed by atoms with E-state index < -0.39 is 17.8 Å². The van der Waals surface area contributed by atoms with E-state index in [2.05, 4.69) is 5.32 Å². The second-order valence-corrected chi connectivity index (χ2v) is 9.95. The molecule has 202 valence electrons. The Hall–Kier alpha value is -3.95. The fraction of sp³-hybridized carbons (Fsp3) is 0.207. The van der Waals surface area contributed by atoms with Crippen molar-refractivity contribution in [1.29, 1.82) is 0 Å². The summed E-state index contributed by atoms with van der Waals surface area (Å²) in [6.45, 7) is 2.34. The van der Waals surface area contributed by atoms with Gasteiger partial charge in [0.1, 0.15) is 22.1 Å². The number of halogens is 1. The number of benzene rings is 3. The number of anilines is 2. The Kier molecular flexibility index (Phi) is 9.16. The van der Waals surface area contributed by atoms with Crippen LogP contribution >= 0.6 is 23.4 Å². The van der Waals surface area contributed by atoms with Crippen molar-refractivity contribution in [1.82, 2.24) is 0 Å². The molecule has 1 aliphatic rings. The maximum Gasteiger partial charge on any atom is 0.338 e. The molecule has 4 rings (SSSR count). The van der Waals surface area contributed by atoms with E-state index in [0.29, 0.717) is 40.1 Å². The summed E-state index contributed by atoms with van der Waals surface area (Å²) in [5.41, 5.74) is 1.23. The van der Waals surface area contributed by atoms with Crippen LogP contribution in [0.25, 0.3) is 0 Å². The maximum absolute atomic E-state index is 13.7. The molecule has 1 aliphatic heterocycles. The summed E-state index contributed by atoms with van der Waals surface area (Å²) in [5, 5.41) is 3.65. The van der Waals surface area contributed by atoms with E-state index in [1.54, 1.807) is 61.7 Å². The number of amides is 2. The molecule has 3 aromatic carbocycles. The molecule has 1 heterocycles. The van der Waals surface area contributed by atoms with Gasteiger partial charge in [0, 0.05) is 16.0 Å². The van der Waals surface area contributed by atoms with Gasteiger partial charge in [-0.2, -0.15) is 0 Å². The van der Waals surface area contributed by atoms with Crippen molar-refractivity contribution in [3.8, 4) is 11.5 Å². The standard InChI is InChI=1S/C29H27ClN2O6S/c1-4-5-16-38-29(35)18-6-10-20(11-7-18)32-27(33)25(31-23-15-12-21(36-2)17-24(23)37-3)26(28(32)34)39-22-13-8-19(30)9-14-22/h6-15,17,31H,4-5,16H2,1-3H3. The van der Waals surface area contributed by atoms with Gasteiger partial charge in [0.05, 0.1) is 37.8 Å². The molecule has 0 spiro atoms. The van der Waals surface area contributed by atoms with Gasteiger partial charge in [-0.05, 0) is 67.1 Å². The third-order valence-corrected chi connectivity index (χ3v) is 7.18. The lowest BCUT2D eigenvalue weighted by Gasteiger charge is -2.16. The number of ether oxygens (including phenoxy) is 3. The molecule has 0 bridgehead atoms. The minimum Gasteiger partial charge on any atom is -0.497 e. The lowest BCUT2D eigenvalue weighted by atomic mass is 10.2. The Bertz CT molecular complexity index is 1410. The van der Waals surface area contributed by atoms with E-state index in [-0.39, 0.29) is 10.6 Å². The minimum atomic E-state index is -0.549. The zero-order chi connectivity index (χ0) is 27.9. The summed E-state index contributed by atoms with van der Waals surface area (Å²) in [6, 6.07) is 18.2. The molecule has 39 heavy (non-hydrogen) atoms. The van der Waals surface area contributed by atoms with Crippen LogP contribution in [0.1, 0.15) is 30.1 Å². The van der Waals surface area contributed by atoms with Gasteiger partial charge < -0.3 is 19.5 Å². The lowest BCUT2D eigenvalue weighted by molar-refractivity contribution is -0.120. The molecule has 0 saturated carbocycles. The molecular formula is C29H27ClN2O6S. The first-order valence-electron chi connectivity index (χ1n) is 12.2. The number of methoxy groups -OCH3 is 2. The predicted octanol–water partition coefficient (Wildman–Crippen LogP) is 6.30. The first-order chi connectivity index (χ1) is 18.9. The summed E-state index contributed by atoms with van der Waals surface area (Å²) in [4.78, 5) is 41.6. The number of carbonyl (C=O) groups excluding carboxylic acids is 3. The Balaban J connectivity index is 1.66. The molecule has 0 unspecified atom stereocenters. The zero-order valence-electron chi connectivity index (χ0n) is 21.7. The van der Waals surface area contributed by atoms with Gasteiger partial charge in [0.25, 0.3) is 11.8 Å². The number of hydrogen-bond acceptors (Lipinski definition) is 8. The number of hydrogen-bond donors (Lipinski definition) is 1. The van der Waals surface area contributed by atoms with Crippen LogP contribution in [0.15, 0.2) is 82.2 Å². The summed E-state index contributed by atoms with van der Waals surface area (Å²) < 4.78 is 16.0. The number of nitrogens with zero attached hydrogens (tertiary/aromatic N) is 1. The Morgan fingerprint density at radius 1 is 0.949 bits per heavy atom. The van der Waals surface area contributed by atoms with E-state index in [1.807, 2.05) is 6.92 Å². The van der Waals surface area contributed by atoms with Gasteiger partial charge in [0.2, 0.25) is 0 Å². The normalized spacial score (nSPS) is 13.1. The molecule has 0 aromatic heterocycles. The molecule has 0 saturated heterocycles. The molecular weight excluding hydrogens is 540 g/mol. The molecule has 8 nitrogen and oxygen atoms in total. The van der Waals surface area contributed by atoms with E-state index in [9.17, 15) is 14.4 Å². The molecule has 0 aliphatic carbocycles. The predicted molar refractivity (Wildman–Crippen MR) is 152 cm³/mol. The van der Waals surface area contributed by atoms with E-state index >= 15 is 0 Å². The van der Waals surface area contributed by atoms with Gasteiger partial charge in [-0.15, -0.1) is 0 Å². The number of imide groups is 1. The van der Waals surface area contributed by atoms with Crippen LogP contribution < -0.4 is 19.7 Å². The second-order valence-electron chi connectivity index (χ2n) is 8.43. The van der Waals surface area contributed by atoms with Crippen molar-refractivity contribution < 1.29 is 28.6 Å². The highest BCUT2D eigenvalue weighted by atomic mass is 35.5. The van der Waals surface area contributed by atoms with Crippen molar-refractivity contribution in [2.24, 2.45) is 0 Å². The zero-order valence-corrected chi connectivity index (χ0v) is 23.2. The first kappa shape index (κ1) is 28.1. The Morgan fingerprint density at radius 2 is 1.67 bits per heavy atom. The van der Waals surface area contributed by atoms with Gasteiger partial charge >= 0.3 is 5.97 Å². The monoisotopic (exact) mass is 566 g/mol. The number of thioether (sulfide) groups is 1. The maximum atomic E-state index is 13.7. The smallest absolute Gasteiger partial charge is 0.338 e. The van der Waals surface area contributed by atoms with E-state index in [1.165, 1.54) is 19.2 Å². The van der Waals surface area contributed by atoms with Crippen molar-refractivity contribution >= 4 is 52.5 Å². The molecule has 0 atom stereocenters. The molecule has 2 amide bonds. The molecule has 0 fully saturated rings. The second kappa shape index (κ2) is 12.7. The van der Waals surface area contributed by atoms with Gasteiger partial charge in [-0.1, -0.05) is 36.7 Å². The van der Waals surface area contributed by atoms with Crippen LogP contribution in [0.4, 0.5) is 11.4 Å². The largest absolute Gasteiger partial charge is 0.497 e. The topological polar surface area (TPSA) is 94.2 Å². The number of esters is 1. The van der Waals surface area contributed by atoms with Crippen molar-refractivity contribution in [3.63, 3.8) is 0 Å². The summed E-state index contributed by atoms with van der Waals surface area (Å²) >= 11 is 7.17. The quantitative estimate of drug-likeness (QED) is 0.164. The third kappa shape index (κ3) is 6.38. The van der Waals surface area contributed by atoms with Crippen LogP contribution in [0.3, 0.4) is 0 Å². The summed E-state index contributed by atoms with van der Waals surface area (Å²) in [6.07, 6.45) is 1.68. The summed E-state index contributed by atoms with van der Waals surface area (Å²) in [5.74, 6) is -0.505. The summed E-state index contributed by atoms with van der Waals surface area (Å²) in [7, 11) is 3.04. The van der Waals surface area contributed by atoms with Crippen molar-refractivity contribution in [2.75, 3.05) is 31.0 Å². The van der Waals surface area contributed by atoms with Crippen LogP contribution in [-0.2, 0) is 14.3 Å². The first-order valence-corrected chi connectivity index (χ1v) is 13.4. The fourth-order valence-corrected chi connectivity index (χ4v) is 4.80. The van der Waals surface area contributed by atoms with Crippen molar-refractivity contribution in [2.45, 2.75) is 24.7 Å². The fourth-order valence-electron chi connectivity index (χ4n) is 3.75.